The Labute approximate surface area is 185 Å². The van der Waals surface area contributed by atoms with Crippen molar-refractivity contribution in [2.45, 2.75) is 70.2 Å². The van der Waals surface area contributed by atoms with Crippen LogP contribution in [0.4, 0.5) is 5.69 Å². The van der Waals surface area contributed by atoms with Crippen LogP contribution in [0.5, 0.6) is 5.75 Å². The maximum absolute atomic E-state index is 9.02. The second kappa shape index (κ2) is 11.6. The monoisotopic (exact) mass is 432 g/mol. The summed E-state index contributed by atoms with van der Waals surface area (Å²) in [6.45, 7) is 15.3. The van der Waals surface area contributed by atoms with E-state index in [1.165, 1.54) is 5.56 Å². The molecule has 0 saturated heterocycles. The molecule has 0 aromatic heterocycles. The average molecular weight is 433 g/mol. The number of rotatable bonds is 12. The van der Waals surface area contributed by atoms with Crippen LogP contribution in [0.25, 0.3) is 0 Å². The van der Waals surface area contributed by atoms with Crippen molar-refractivity contribution < 1.29 is 14.6 Å². The molecule has 2 aromatic rings. The van der Waals surface area contributed by atoms with E-state index in [1.807, 2.05) is 24.3 Å². The molecule has 0 heterocycles. The highest BCUT2D eigenvalue weighted by Crippen LogP contribution is 2.30. The summed E-state index contributed by atoms with van der Waals surface area (Å²) in [7, 11) is 0.191. The molecule has 0 amide bonds. The van der Waals surface area contributed by atoms with Crippen molar-refractivity contribution in [2.75, 3.05) is 18.5 Å². The van der Waals surface area contributed by atoms with Gasteiger partial charge in [0.1, 0.15) is 22.9 Å². The first-order valence-corrected chi connectivity index (χ1v) is 12.1. The summed E-state index contributed by atoms with van der Waals surface area (Å²) < 4.78 is 12.4. The van der Waals surface area contributed by atoms with Crippen LogP contribution in [0.3, 0.4) is 0 Å². The Balaban J connectivity index is 1.93. The van der Waals surface area contributed by atoms with Crippen LogP contribution in [-0.2, 0) is 28.8 Å². The molecule has 0 bridgehead atoms. The van der Waals surface area contributed by atoms with Crippen LogP contribution in [-0.4, -0.2) is 33.7 Å². The minimum atomic E-state index is -0.143. The molecule has 2 aromatic carbocycles. The summed E-state index contributed by atoms with van der Waals surface area (Å²) in [4.78, 5) is -0.143. The second-order valence-corrected chi connectivity index (χ2v) is 12.0. The maximum atomic E-state index is 9.02. The molecule has 0 atom stereocenters. The number of para-hydroxylation sites is 2. The van der Waals surface area contributed by atoms with E-state index >= 15 is 0 Å². The average Bonchev–Trinajstić information content (AvgIpc) is 2.69. The lowest BCUT2D eigenvalue weighted by Crippen LogP contribution is -2.44. The molecular weight excluding hydrogens is 394 g/mol. The first-order valence-electron chi connectivity index (χ1n) is 10.7. The zero-order valence-electron chi connectivity index (χ0n) is 19.3. The van der Waals surface area contributed by atoms with Crippen molar-refractivity contribution in [3.63, 3.8) is 0 Å². The van der Waals surface area contributed by atoms with E-state index in [0.717, 1.165) is 17.0 Å². The fourth-order valence-electron chi connectivity index (χ4n) is 3.83. The largest absolute Gasteiger partial charge is 0.487 e. The van der Waals surface area contributed by atoms with E-state index in [-0.39, 0.29) is 22.4 Å². The highest BCUT2D eigenvalue weighted by atomic mass is 32.2. The lowest BCUT2D eigenvalue weighted by atomic mass is 10.1. The van der Waals surface area contributed by atoms with Gasteiger partial charge in [0.25, 0.3) is 0 Å². The van der Waals surface area contributed by atoms with Crippen LogP contribution in [0.15, 0.2) is 48.5 Å². The van der Waals surface area contributed by atoms with Crippen molar-refractivity contribution >= 4 is 16.6 Å². The molecule has 0 aliphatic heterocycles. The number of aliphatic hydroxyl groups is 1. The Morgan fingerprint density at radius 2 is 1.47 bits per heavy atom. The van der Waals surface area contributed by atoms with Gasteiger partial charge in [0.2, 0.25) is 4.93 Å². The number of anilines is 1. The van der Waals surface area contributed by atoms with Crippen molar-refractivity contribution in [3.05, 3.63) is 59.7 Å². The predicted octanol–water partition coefficient (Wildman–Crippen LogP) is 5.36. The highest BCUT2D eigenvalue weighted by Gasteiger charge is 2.44. The van der Waals surface area contributed by atoms with Gasteiger partial charge >= 0.3 is 0 Å². The smallest absolute Gasteiger partial charge is 0.222 e. The zero-order chi connectivity index (χ0) is 22.1. The van der Waals surface area contributed by atoms with Gasteiger partial charge in [-0.2, -0.15) is 0 Å². The van der Waals surface area contributed by atoms with Gasteiger partial charge in [-0.3, -0.25) is 0 Å². The van der Waals surface area contributed by atoms with Crippen LogP contribution >= 0.6 is 0 Å². The number of nitrogens with one attached hydrogen (secondary N) is 1. The first-order chi connectivity index (χ1) is 14.2. The van der Waals surface area contributed by atoms with Crippen LogP contribution in [0.1, 0.15) is 52.7 Å². The summed E-state index contributed by atoms with van der Waals surface area (Å²) in [6.07, 6.45) is 0. The molecule has 0 radical (unpaired) electrons. The number of ether oxygens (including phenoxy) is 2. The molecular formula is C25H38NO3S+. The minimum absolute atomic E-state index is 0.0876. The van der Waals surface area contributed by atoms with E-state index < -0.39 is 0 Å². The van der Waals surface area contributed by atoms with E-state index in [2.05, 4.69) is 71.1 Å². The molecule has 166 valence electrons. The molecule has 0 saturated carbocycles. The van der Waals surface area contributed by atoms with Gasteiger partial charge in [-0.05, 0) is 51.0 Å². The topological polar surface area (TPSA) is 50.7 Å². The fourth-order valence-corrected chi connectivity index (χ4v) is 7.38. The van der Waals surface area contributed by atoms with Crippen LogP contribution < -0.4 is 10.1 Å². The summed E-state index contributed by atoms with van der Waals surface area (Å²) in [5.74, 6) is 0.787. The SMILES string of the molecule is CC(C)[S+](C(C)C)C(C)(C)OCc1ccc(COc2ccccc2NCCO)cc1. The van der Waals surface area contributed by atoms with Crippen molar-refractivity contribution in [3.8, 4) is 5.75 Å². The fraction of sp³-hybridized carbons (Fsp3) is 0.520. The Morgan fingerprint density at radius 3 is 2.03 bits per heavy atom. The van der Waals surface area contributed by atoms with E-state index in [1.54, 1.807) is 0 Å². The summed E-state index contributed by atoms with van der Waals surface area (Å²) in [6, 6.07) is 16.2. The third-order valence-corrected chi connectivity index (χ3v) is 8.19. The molecule has 0 aliphatic rings. The van der Waals surface area contributed by atoms with Crippen molar-refractivity contribution in [1.29, 1.82) is 0 Å². The summed E-state index contributed by atoms with van der Waals surface area (Å²) in [5.41, 5.74) is 3.18. The Kier molecular flexibility index (Phi) is 9.53. The van der Waals surface area contributed by atoms with Gasteiger partial charge in [-0.1, -0.05) is 36.4 Å². The Morgan fingerprint density at radius 1 is 0.900 bits per heavy atom. The van der Waals surface area contributed by atoms with Gasteiger partial charge in [-0.15, -0.1) is 0 Å². The number of hydrogen-bond donors (Lipinski definition) is 2. The van der Waals surface area contributed by atoms with E-state index in [4.69, 9.17) is 14.6 Å². The summed E-state index contributed by atoms with van der Waals surface area (Å²) in [5, 5.41) is 13.4. The molecule has 0 unspecified atom stereocenters. The lowest BCUT2D eigenvalue weighted by molar-refractivity contribution is 0.0359. The van der Waals surface area contributed by atoms with E-state index in [0.29, 0.717) is 30.3 Å². The molecule has 5 heteroatoms. The van der Waals surface area contributed by atoms with Gasteiger partial charge < -0.3 is 19.9 Å². The highest BCUT2D eigenvalue weighted by molar-refractivity contribution is 7.99. The standard InChI is InChI=1S/C25H38NO3S/c1-19(2)30(20(3)4)25(5,6)29-18-22-13-11-21(12-14-22)17-28-24-10-8-7-9-23(24)26-15-16-27/h7-14,19-20,26-27H,15-18H2,1-6H3/q+1. The molecule has 2 N–H and O–H groups in total. The molecule has 0 spiro atoms. The zero-order valence-corrected chi connectivity index (χ0v) is 20.1. The second-order valence-electron chi connectivity index (χ2n) is 8.41. The van der Waals surface area contributed by atoms with E-state index in [9.17, 15) is 0 Å². The molecule has 0 fully saturated rings. The van der Waals surface area contributed by atoms with Crippen LogP contribution in [0.2, 0.25) is 0 Å². The van der Waals surface area contributed by atoms with Crippen molar-refractivity contribution in [1.82, 2.24) is 0 Å². The van der Waals surface area contributed by atoms with Gasteiger partial charge in [0.15, 0.2) is 0 Å². The Bertz CT molecular complexity index is 751. The molecule has 2 rings (SSSR count). The van der Waals surface area contributed by atoms with Crippen LogP contribution in [0, 0.1) is 0 Å². The maximum Gasteiger partial charge on any atom is 0.222 e. The third-order valence-electron chi connectivity index (χ3n) is 4.90. The number of benzene rings is 2. The molecule has 30 heavy (non-hydrogen) atoms. The number of aliphatic hydroxyl groups excluding tert-OH is 1. The molecule has 4 nitrogen and oxygen atoms in total. The van der Waals surface area contributed by atoms with Gasteiger partial charge in [0.05, 0.1) is 18.9 Å². The number of hydrogen-bond acceptors (Lipinski definition) is 4. The Hall–Kier alpha value is -1.69. The predicted molar refractivity (Wildman–Crippen MR) is 129 cm³/mol. The quantitative estimate of drug-likeness (QED) is 0.444. The minimum Gasteiger partial charge on any atom is -0.487 e. The lowest BCUT2D eigenvalue weighted by Gasteiger charge is -2.31. The molecule has 0 aliphatic carbocycles. The summed E-state index contributed by atoms with van der Waals surface area (Å²) >= 11 is 0. The van der Waals surface area contributed by atoms with Gasteiger partial charge in [0, 0.05) is 31.3 Å². The van der Waals surface area contributed by atoms with Crippen molar-refractivity contribution in [2.24, 2.45) is 0 Å². The normalized spacial score (nSPS) is 12.1. The third kappa shape index (κ3) is 7.22. The first kappa shape index (κ1) is 24.6. The van der Waals surface area contributed by atoms with Gasteiger partial charge in [-0.25, -0.2) is 0 Å².